The van der Waals surface area contributed by atoms with Gasteiger partial charge in [-0.3, -0.25) is 9.59 Å². The molecule has 0 aromatic rings. The molecule has 0 bridgehead atoms. The largest absolute Gasteiger partial charge is 0.481 e. The Bertz CT molecular complexity index is 379. The number of hydrogen-bond donors (Lipinski definition) is 1. The fraction of sp³-hybridized carbons (Fsp3) is 0.778. The number of amides is 1. The summed E-state index contributed by atoms with van der Waals surface area (Å²) in [5, 5.41) is 8.45. The van der Waals surface area contributed by atoms with Crippen molar-refractivity contribution in [1.82, 2.24) is 9.21 Å². The number of carboxylic acids is 1. The summed E-state index contributed by atoms with van der Waals surface area (Å²) in [5.74, 6) is -1.50. The van der Waals surface area contributed by atoms with Gasteiger partial charge in [0.2, 0.25) is 15.9 Å². The van der Waals surface area contributed by atoms with Gasteiger partial charge in [0.05, 0.1) is 18.7 Å². The van der Waals surface area contributed by atoms with Crippen molar-refractivity contribution in [2.45, 2.75) is 13.3 Å². The number of carbonyl (C=O) groups is 2. The Morgan fingerprint density at radius 2 is 1.76 bits per heavy atom. The maximum Gasteiger partial charge on any atom is 0.305 e. The van der Waals surface area contributed by atoms with Gasteiger partial charge in [-0.15, -0.1) is 0 Å². The van der Waals surface area contributed by atoms with Gasteiger partial charge < -0.3 is 10.0 Å². The molecule has 0 radical (unpaired) electrons. The molecular weight excluding hydrogens is 248 g/mol. The number of carbonyl (C=O) groups excluding carboxylic acids is 1. The van der Waals surface area contributed by atoms with E-state index in [4.69, 9.17) is 5.11 Å². The molecule has 17 heavy (non-hydrogen) atoms. The van der Waals surface area contributed by atoms with E-state index in [9.17, 15) is 18.0 Å². The molecular formula is C9H18N2O5S. The quantitative estimate of drug-likeness (QED) is 0.651. The smallest absolute Gasteiger partial charge is 0.305 e. The van der Waals surface area contributed by atoms with Crippen LogP contribution in [0.1, 0.15) is 13.3 Å². The Hall–Kier alpha value is -1.15. The highest BCUT2D eigenvalue weighted by atomic mass is 32.2. The molecule has 0 saturated heterocycles. The summed E-state index contributed by atoms with van der Waals surface area (Å²) in [6.07, 6.45) is -0.160. The second kappa shape index (κ2) is 6.55. The van der Waals surface area contributed by atoms with E-state index in [0.29, 0.717) is 0 Å². The molecule has 1 amide bonds. The number of likely N-dealkylation sites (N-methyl/N-ethyl adjacent to an activating group) is 2. The van der Waals surface area contributed by atoms with Gasteiger partial charge in [0, 0.05) is 20.6 Å². The SMILES string of the molecule is CCS(=O)(=O)N(C)CC(=O)N(C)CCC(=O)O. The van der Waals surface area contributed by atoms with Crippen molar-refractivity contribution in [2.24, 2.45) is 0 Å². The highest BCUT2D eigenvalue weighted by Crippen LogP contribution is 1.99. The van der Waals surface area contributed by atoms with Gasteiger partial charge in [0.25, 0.3) is 0 Å². The predicted octanol–water partition coefficient (Wildman–Crippen LogP) is -0.799. The lowest BCUT2D eigenvalue weighted by atomic mass is 10.4. The minimum atomic E-state index is -3.39. The van der Waals surface area contributed by atoms with Gasteiger partial charge in [0.1, 0.15) is 0 Å². The van der Waals surface area contributed by atoms with Gasteiger partial charge in [-0.05, 0) is 6.92 Å². The zero-order chi connectivity index (χ0) is 13.6. The van der Waals surface area contributed by atoms with Gasteiger partial charge >= 0.3 is 5.97 Å². The van der Waals surface area contributed by atoms with Gasteiger partial charge in [-0.1, -0.05) is 0 Å². The van der Waals surface area contributed by atoms with E-state index in [0.717, 1.165) is 4.31 Å². The minimum Gasteiger partial charge on any atom is -0.481 e. The molecule has 0 rings (SSSR count). The molecule has 0 saturated carbocycles. The number of rotatable bonds is 7. The molecule has 0 spiro atoms. The second-order valence-electron chi connectivity index (χ2n) is 3.62. The van der Waals surface area contributed by atoms with Crippen molar-refractivity contribution in [3.05, 3.63) is 0 Å². The van der Waals surface area contributed by atoms with Crippen LogP contribution in [0.15, 0.2) is 0 Å². The van der Waals surface area contributed by atoms with Crippen molar-refractivity contribution in [3.8, 4) is 0 Å². The van der Waals surface area contributed by atoms with Gasteiger partial charge in [0.15, 0.2) is 0 Å². The van der Waals surface area contributed by atoms with Crippen LogP contribution in [0.2, 0.25) is 0 Å². The Labute approximate surface area is 101 Å². The van der Waals surface area contributed by atoms with E-state index in [2.05, 4.69) is 0 Å². The zero-order valence-electron chi connectivity index (χ0n) is 10.2. The highest BCUT2D eigenvalue weighted by Gasteiger charge is 2.20. The third kappa shape index (κ3) is 5.64. The Morgan fingerprint density at radius 3 is 2.18 bits per heavy atom. The van der Waals surface area contributed by atoms with E-state index < -0.39 is 21.9 Å². The van der Waals surface area contributed by atoms with E-state index in [1.807, 2.05) is 0 Å². The minimum absolute atomic E-state index is 0.0637. The fourth-order valence-electron chi connectivity index (χ4n) is 1.02. The van der Waals surface area contributed by atoms with Crippen LogP contribution in [0.3, 0.4) is 0 Å². The first-order chi connectivity index (χ1) is 7.70. The molecule has 0 aromatic heterocycles. The van der Waals surface area contributed by atoms with Crippen LogP contribution in [-0.4, -0.2) is 67.5 Å². The number of aliphatic carboxylic acids is 1. The Morgan fingerprint density at radius 1 is 1.24 bits per heavy atom. The van der Waals surface area contributed by atoms with E-state index >= 15 is 0 Å². The van der Waals surface area contributed by atoms with Crippen LogP contribution < -0.4 is 0 Å². The van der Waals surface area contributed by atoms with Crippen LogP contribution >= 0.6 is 0 Å². The molecule has 1 N–H and O–H groups in total. The number of hydrogen-bond acceptors (Lipinski definition) is 4. The predicted molar refractivity (Wildman–Crippen MR) is 62.0 cm³/mol. The summed E-state index contributed by atoms with van der Waals surface area (Å²) in [6.45, 7) is 1.28. The fourth-order valence-corrected chi connectivity index (χ4v) is 1.77. The molecule has 0 aliphatic heterocycles. The average molecular weight is 266 g/mol. The van der Waals surface area contributed by atoms with Crippen LogP contribution in [0.25, 0.3) is 0 Å². The molecule has 0 fully saturated rings. The molecule has 0 aliphatic rings. The first-order valence-corrected chi connectivity index (χ1v) is 6.71. The van der Waals surface area contributed by atoms with Crippen LogP contribution in [0.4, 0.5) is 0 Å². The summed E-state index contributed by atoms with van der Waals surface area (Å²) in [6, 6.07) is 0. The van der Waals surface area contributed by atoms with E-state index in [1.165, 1.54) is 25.9 Å². The monoisotopic (exact) mass is 266 g/mol. The average Bonchev–Trinajstić information content (AvgIpc) is 2.25. The standard InChI is InChI=1S/C9H18N2O5S/c1-4-17(15,16)11(3)7-8(12)10(2)6-5-9(13)14/h4-7H2,1-3H3,(H,13,14). The van der Waals surface area contributed by atoms with Gasteiger partial charge in [-0.25, -0.2) is 8.42 Å². The number of nitrogens with zero attached hydrogens (tertiary/aromatic N) is 2. The lowest BCUT2D eigenvalue weighted by Gasteiger charge is -2.20. The normalized spacial score (nSPS) is 11.5. The van der Waals surface area contributed by atoms with E-state index in [1.54, 1.807) is 0 Å². The summed E-state index contributed by atoms with van der Waals surface area (Å²) in [5.41, 5.74) is 0. The lowest BCUT2D eigenvalue weighted by molar-refractivity contribution is -0.138. The molecule has 0 heterocycles. The second-order valence-corrected chi connectivity index (χ2v) is 5.98. The maximum atomic E-state index is 11.6. The first kappa shape index (κ1) is 15.9. The summed E-state index contributed by atoms with van der Waals surface area (Å²) < 4.78 is 23.7. The van der Waals surface area contributed by atoms with Crippen molar-refractivity contribution in [2.75, 3.05) is 32.9 Å². The summed E-state index contributed by atoms with van der Waals surface area (Å²) >= 11 is 0. The summed E-state index contributed by atoms with van der Waals surface area (Å²) in [7, 11) is -0.625. The van der Waals surface area contributed by atoms with E-state index in [-0.39, 0.29) is 25.3 Å². The molecule has 0 unspecified atom stereocenters. The van der Waals surface area contributed by atoms with Crippen LogP contribution in [0.5, 0.6) is 0 Å². The first-order valence-electron chi connectivity index (χ1n) is 5.10. The lowest BCUT2D eigenvalue weighted by Crippen LogP contribution is -2.40. The molecule has 0 aliphatic carbocycles. The van der Waals surface area contributed by atoms with Crippen molar-refractivity contribution in [3.63, 3.8) is 0 Å². The summed E-state index contributed by atoms with van der Waals surface area (Å²) in [4.78, 5) is 23.1. The Kier molecular flexibility index (Phi) is 6.11. The molecule has 100 valence electrons. The van der Waals surface area contributed by atoms with Crippen LogP contribution in [-0.2, 0) is 19.6 Å². The number of sulfonamides is 1. The third-order valence-electron chi connectivity index (χ3n) is 2.28. The molecule has 8 heteroatoms. The Balaban J connectivity index is 4.30. The zero-order valence-corrected chi connectivity index (χ0v) is 11.0. The van der Waals surface area contributed by atoms with Crippen molar-refractivity contribution in [1.29, 1.82) is 0 Å². The maximum absolute atomic E-state index is 11.6. The highest BCUT2D eigenvalue weighted by molar-refractivity contribution is 7.89. The molecule has 0 atom stereocenters. The van der Waals surface area contributed by atoms with Crippen LogP contribution in [0, 0.1) is 0 Å². The van der Waals surface area contributed by atoms with Crippen molar-refractivity contribution < 1.29 is 23.1 Å². The topological polar surface area (TPSA) is 95.0 Å². The molecule has 0 aromatic carbocycles. The molecule has 7 nitrogen and oxygen atoms in total. The van der Waals surface area contributed by atoms with Crippen molar-refractivity contribution >= 4 is 21.9 Å². The third-order valence-corrected chi connectivity index (χ3v) is 4.09. The number of carboxylic acid groups (broad SMARTS) is 1. The van der Waals surface area contributed by atoms with Gasteiger partial charge in [-0.2, -0.15) is 4.31 Å².